The number of aliphatic hydroxyl groups excluding tert-OH is 2. The zero-order chi connectivity index (χ0) is 20.3. The lowest BCUT2D eigenvalue weighted by atomic mass is 10.2. The van der Waals surface area contributed by atoms with Gasteiger partial charge in [0.1, 0.15) is 5.82 Å². The second-order valence-corrected chi connectivity index (χ2v) is 6.76. The molecule has 0 aliphatic carbocycles. The van der Waals surface area contributed by atoms with Crippen LogP contribution in [0.4, 0.5) is 5.82 Å². The second kappa shape index (κ2) is 11.3. The maximum atomic E-state index is 9.12. The summed E-state index contributed by atoms with van der Waals surface area (Å²) in [7, 11) is 0. The van der Waals surface area contributed by atoms with E-state index in [0.717, 1.165) is 41.8 Å². The van der Waals surface area contributed by atoms with Crippen LogP contribution in [0.15, 0.2) is 54.6 Å². The summed E-state index contributed by atoms with van der Waals surface area (Å²) in [4.78, 5) is 11.4. The van der Waals surface area contributed by atoms with E-state index >= 15 is 0 Å². The summed E-state index contributed by atoms with van der Waals surface area (Å²) in [6.07, 6.45) is 4.82. The van der Waals surface area contributed by atoms with Gasteiger partial charge in [-0.3, -0.25) is 4.90 Å². The Balaban J connectivity index is 1.70. The summed E-state index contributed by atoms with van der Waals surface area (Å²) in [5, 5.41) is 22.7. The van der Waals surface area contributed by atoms with Crippen molar-refractivity contribution in [1.29, 1.82) is 0 Å². The molecule has 0 amide bonds. The van der Waals surface area contributed by atoms with Gasteiger partial charge in [-0.05, 0) is 36.7 Å². The van der Waals surface area contributed by atoms with E-state index in [4.69, 9.17) is 15.2 Å². The highest BCUT2D eigenvalue weighted by Gasteiger charge is 2.07. The minimum Gasteiger partial charge on any atom is -0.395 e. The molecule has 2 aromatic carbocycles. The van der Waals surface area contributed by atoms with Gasteiger partial charge in [0.05, 0.1) is 18.7 Å². The first-order valence-corrected chi connectivity index (χ1v) is 9.98. The Morgan fingerprint density at radius 1 is 0.828 bits per heavy atom. The molecule has 0 saturated carbocycles. The molecule has 0 aliphatic heterocycles. The average Bonchev–Trinajstić information content (AvgIpc) is 2.76. The topological polar surface area (TPSA) is 81.5 Å². The number of hydrogen-bond acceptors (Lipinski definition) is 6. The lowest BCUT2D eigenvalue weighted by Crippen LogP contribution is -2.31. The number of nitrogens with one attached hydrogen (secondary N) is 1. The third kappa shape index (κ3) is 6.35. The van der Waals surface area contributed by atoms with Gasteiger partial charge in [-0.2, -0.15) is 0 Å². The lowest BCUT2D eigenvalue weighted by molar-refractivity contribution is 0.161. The van der Waals surface area contributed by atoms with E-state index in [1.165, 1.54) is 0 Å². The fourth-order valence-corrected chi connectivity index (χ4v) is 3.17. The monoisotopic (exact) mass is 392 g/mol. The molecule has 29 heavy (non-hydrogen) atoms. The SMILES string of the molecule is OCCN(CCO)CCCNc1nc(/C=C/c2ccccc2)nc2ccccc12. The number of nitrogens with zero attached hydrogens (tertiary/aromatic N) is 3. The summed E-state index contributed by atoms with van der Waals surface area (Å²) in [5.74, 6) is 1.48. The molecule has 0 saturated heterocycles. The van der Waals surface area contributed by atoms with E-state index in [9.17, 15) is 0 Å². The van der Waals surface area contributed by atoms with E-state index in [1.807, 2.05) is 71.6 Å². The fourth-order valence-electron chi connectivity index (χ4n) is 3.17. The molecule has 0 spiro atoms. The molecule has 0 fully saturated rings. The highest BCUT2D eigenvalue weighted by molar-refractivity contribution is 5.90. The Kier molecular flexibility index (Phi) is 8.12. The predicted octanol–water partition coefficient (Wildman–Crippen LogP) is 2.89. The first-order chi connectivity index (χ1) is 14.3. The van der Waals surface area contributed by atoms with Crippen LogP contribution in [0.1, 0.15) is 17.8 Å². The van der Waals surface area contributed by atoms with Crippen LogP contribution in [-0.2, 0) is 0 Å². The van der Waals surface area contributed by atoms with Crippen LogP contribution >= 0.6 is 0 Å². The van der Waals surface area contributed by atoms with Crippen LogP contribution in [0.25, 0.3) is 23.1 Å². The van der Waals surface area contributed by atoms with Crippen molar-refractivity contribution in [3.63, 3.8) is 0 Å². The van der Waals surface area contributed by atoms with E-state index < -0.39 is 0 Å². The van der Waals surface area contributed by atoms with Crippen molar-refractivity contribution in [2.75, 3.05) is 44.7 Å². The molecule has 3 N–H and O–H groups in total. The first-order valence-electron chi connectivity index (χ1n) is 9.98. The molecule has 0 radical (unpaired) electrons. The maximum Gasteiger partial charge on any atom is 0.154 e. The molecule has 1 heterocycles. The molecule has 152 valence electrons. The fraction of sp³-hybridized carbons (Fsp3) is 0.304. The number of aromatic nitrogens is 2. The van der Waals surface area contributed by atoms with Crippen LogP contribution in [-0.4, -0.2) is 64.5 Å². The minimum atomic E-state index is 0.0983. The van der Waals surface area contributed by atoms with Crippen molar-refractivity contribution in [3.05, 3.63) is 66.0 Å². The first kappa shape index (κ1) is 20.9. The van der Waals surface area contributed by atoms with E-state index in [0.29, 0.717) is 18.9 Å². The van der Waals surface area contributed by atoms with Crippen molar-refractivity contribution < 1.29 is 10.2 Å². The third-order valence-corrected chi connectivity index (χ3v) is 4.62. The normalized spacial score (nSPS) is 11.6. The van der Waals surface area contributed by atoms with Crippen LogP contribution in [0, 0.1) is 0 Å². The van der Waals surface area contributed by atoms with Gasteiger partial charge >= 0.3 is 0 Å². The van der Waals surface area contributed by atoms with Gasteiger partial charge in [0.25, 0.3) is 0 Å². The lowest BCUT2D eigenvalue weighted by Gasteiger charge is -2.20. The molecule has 3 rings (SSSR count). The number of anilines is 1. The zero-order valence-corrected chi connectivity index (χ0v) is 16.5. The molecule has 0 aliphatic rings. The van der Waals surface area contributed by atoms with Crippen molar-refractivity contribution in [3.8, 4) is 0 Å². The van der Waals surface area contributed by atoms with Crippen LogP contribution in [0.5, 0.6) is 0 Å². The minimum absolute atomic E-state index is 0.0983. The largest absolute Gasteiger partial charge is 0.395 e. The number of aliphatic hydroxyl groups is 2. The molecular weight excluding hydrogens is 364 g/mol. The Bertz CT molecular complexity index is 909. The summed E-state index contributed by atoms with van der Waals surface area (Å²) >= 11 is 0. The van der Waals surface area contributed by atoms with Crippen LogP contribution in [0.2, 0.25) is 0 Å². The van der Waals surface area contributed by atoms with E-state index in [2.05, 4.69) is 10.3 Å². The quantitative estimate of drug-likeness (QED) is 0.435. The highest BCUT2D eigenvalue weighted by atomic mass is 16.3. The van der Waals surface area contributed by atoms with E-state index in [-0.39, 0.29) is 13.2 Å². The molecule has 0 bridgehead atoms. The standard InChI is InChI=1S/C23H28N4O2/c28-17-15-27(16-18-29)14-6-13-24-23-20-9-4-5-10-21(20)25-22(26-23)12-11-19-7-2-1-3-8-19/h1-5,7-12,28-29H,6,13-18H2,(H,24,25,26)/b12-11+. The van der Waals surface area contributed by atoms with Gasteiger partial charge in [-0.15, -0.1) is 0 Å². The summed E-state index contributed by atoms with van der Waals surface area (Å²) in [6, 6.07) is 18.1. The smallest absolute Gasteiger partial charge is 0.154 e. The Hall–Kier alpha value is -2.80. The third-order valence-electron chi connectivity index (χ3n) is 4.62. The van der Waals surface area contributed by atoms with Crippen molar-refractivity contribution in [2.24, 2.45) is 0 Å². The second-order valence-electron chi connectivity index (χ2n) is 6.76. The van der Waals surface area contributed by atoms with Gasteiger partial charge in [0.2, 0.25) is 0 Å². The summed E-state index contributed by atoms with van der Waals surface area (Å²) in [5.41, 5.74) is 2.01. The number of para-hydroxylation sites is 1. The van der Waals surface area contributed by atoms with Gasteiger partial charge in [0, 0.05) is 25.0 Å². The van der Waals surface area contributed by atoms with Crippen LogP contribution in [0.3, 0.4) is 0 Å². The Labute approximate surface area is 171 Å². The zero-order valence-electron chi connectivity index (χ0n) is 16.5. The van der Waals surface area contributed by atoms with Crippen molar-refractivity contribution in [1.82, 2.24) is 14.9 Å². The molecule has 6 heteroatoms. The van der Waals surface area contributed by atoms with Gasteiger partial charge in [0.15, 0.2) is 5.82 Å². The van der Waals surface area contributed by atoms with Crippen molar-refractivity contribution in [2.45, 2.75) is 6.42 Å². The number of rotatable bonds is 11. The predicted molar refractivity (Wildman–Crippen MR) is 119 cm³/mol. The highest BCUT2D eigenvalue weighted by Crippen LogP contribution is 2.21. The molecule has 3 aromatic rings. The maximum absolute atomic E-state index is 9.12. The Morgan fingerprint density at radius 3 is 2.31 bits per heavy atom. The average molecular weight is 393 g/mol. The summed E-state index contributed by atoms with van der Waals surface area (Å²) in [6.45, 7) is 2.90. The number of fused-ring (bicyclic) bond motifs is 1. The molecule has 0 unspecified atom stereocenters. The van der Waals surface area contributed by atoms with Gasteiger partial charge in [-0.1, -0.05) is 48.5 Å². The number of benzene rings is 2. The van der Waals surface area contributed by atoms with Gasteiger partial charge < -0.3 is 15.5 Å². The van der Waals surface area contributed by atoms with Crippen LogP contribution < -0.4 is 5.32 Å². The van der Waals surface area contributed by atoms with Gasteiger partial charge in [-0.25, -0.2) is 9.97 Å². The van der Waals surface area contributed by atoms with E-state index in [1.54, 1.807) is 0 Å². The molecular formula is C23H28N4O2. The molecule has 6 nitrogen and oxygen atoms in total. The molecule has 1 aromatic heterocycles. The molecule has 0 atom stereocenters. The summed E-state index contributed by atoms with van der Waals surface area (Å²) < 4.78 is 0. The van der Waals surface area contributed by atoms with Crippen molar-refractivity contribution >= 4 is 28.9 Å². The Morgan fingerprint density at radius 2 is 1.55 bits per heavy atom. The number of hydrogen-bond donors (Lipinski definition) is 3.